The van der Waals surface area contributed by atoms with Crippen molar-refractivity contribution in [2.24, 2.45) is 11.1 Å². The van der Waals surface area contributed by atoms with Crippen LogP contribution in [-0.2, 0) is 27.7 Å². The summed E-state index contributed by atoms with van der Waals surface area (Å²) in [6, 6.07) is 14.2. The van der Waals surface area contributed by atoms with E-state index in [1.165, 1.54) is 12.1 Å². The average Bonchev–Trinajstić information content (AvgIpc) is 2.84. The molecular formula is C19H22N2O4S. The Morgan fingerprint density at radius 2 is 1.88 bits per heavy atom. The van der Waals surface area contributed by atoms with Crippen LogP contribution in [0.4, 0.5) is 0 Å². The number of hydrogen-bond acceptors (Lipinski definition) is 4. The molecule has 1 amide bonds. The minimum Gasteiger partial charge on any atom is -0.493 e. The molecule has 6 nitrogen and oxygen atoms in total. The van der Waals surface area contributed by atoms with Crippen LogP contribution < -0.4 is 15.2 Å². The molecule has 3 rings (SSSR count). The van der Waals surface area contributed by atoms with Gasteiger partial charge in [0, 0.05) is 12.5 Å². The summed E-state index contributed by atoms with van der Waals surface area (Å²) in [5.74, 6) is 0.771. The van der Waals surface area contributed by atoms with Crippen molar-refractivity contribution in [3.63, 3.8) is 0 Å². The SMILES string of the molecule is NS(=O)(=O)c1ccc(CCNC(=O)C2CCOc3ccccc3C2)cc1. The van der Waals surface area contributed by atoms with Gasteiger partial charge in [-0.1, -0.05) is 30.3 Å². The fourth-order valence-electron chi connectivity index (χ4n) is 3.04. The van der Waals surface area contributed by atoms with Crippen molar-refractivity contribution in [3.8, 4) is 5.75 Å². The molecule has 2 aromatic rings. The molecule has 26 heavy (non-hydrogen) atoms. The Morgan fingerprint density at radius 3 is 2.62 bits per heavy atom. The summed E-state index contributed by atoms with van der Waals surface area (Å²) in [5, 5.41) is 8.05. The fraction of sp³-hybridized carbons (Fsp3) is 0.316. The van der Waals surface area contributed by atoms with Crippen LogP contribution >= 0.6 is 0 Å². The number of para-hydroxylation sites is 1. The standard InChI is InChI=1S/C19H22N2O4S/c20-26(23,24)17-7-5-14(6-8-17)9-11-21-19(22)16-10-12-25-18-4-2-1-3-15(18)13-16/h1-8,16H,9-13H2,(H,21,22)(H2,20,23,24). The summed E-state index contributed by atoms with van der Waals surface area (Å²) in [6.07, 6.45) is 1.98. The second-order valence-electron chi connectivity index (χ2n) is 6.38. The Bertz CT molecular complexity index is 879. The van der Waals surface area contributed by atoms with Gasteiger partial charge < -0.3 is 10.1 Å². The number of nitrogens with two attached hydrogens (primary N) is 1. The number of sulfonamides is 1. The molecule has 1 heterocycles. The minimum absolute atomic E-state index is 0.0199. The average molecular weight is 374 g/mol. The first kappa shape index (κ1) is 18.4. The van der Waals surface area contributed by atoms with Crippen molar-refractivity contribution < 1.29 is 17.9 Å². The number of carbonyl (C=O) groups is 1. The third-order valence-corrected chi connectivity index (χ3v) is 5.43. The molecule has 0 saturated heterocycles. The number of ether oxygens (including phenoxy) is 1. The van der Waals surface area contributed by atoms with Gasteiger partial charge in [0.25, 0.3) is 0 Å². The number of hydrogen-bond donors (Lipinski definition) is 2. The number of amides is 1. The normalized spacial score (nSPS) is 16.9. The summed E-state index contributed by atoms with van der Waals surface area (Å²) in [5.41, 5.74) is 2.00. The Balaban J connectivity index is 1.53. The Labute approximate surface area is 153 Å². The van der Waals surface area contributed by atoms with Crippen LogP contribution in [0.15, 0.2) is 53.4 Å². The van der Waals surface area contributed by atoms with Gasteiger partial charge in [-0.05, 0) is 48.6 Å². The van der Waals surface area contributed by atoms with E-state index in [0.29, 0.717) is 32.4 Å². The predicted molar refractivity (Wildman–Crippen MR) is 98.3 cm³/mol. The Morgan fingerprint density at radius 1 is 1.15 bits per heavy atom. The van der Waals surface area contributed by atoms with Gasteiger partial charge in [-0.2, -0.15) is 0 Å². The summed E-state index contributed by atoms with van der Waals surface area (Å²) < 4.78 is 28.2. The molecule has 0 fully saturated rings. The molecule has 1 unspecified atom stereocenters. The maximum Gasteiger partial charge on any atom is 0.238 e. The number of benzene rings is 2. The molecule has 3 N–H and O–H groups in total. The quantitative estimate of drug-likeness (QED) is 0.831. The number of fused-ring (bicyclic) bond motifs is 1. The molecule has 2 aromatic carbocycles. The second-order valence-corrected chi connectivity index (χ2v) is 7.94. The highest BCUT2D eigenvalue weighted by Gasteiger charge is 2.23. The molecule has 1 aliphatic heterocycles. The van der Waals surface area contributed by atoms with Crippen molar-refractivity contribution in [2.75, 3.05) is 13.2 Å². The van der Waals surface area contributed by atoms with E-state index in [2.05, 4.69) is 5.32 Å². The van der Waals surface area contributed by atoms with Crippen LogP contribution in [0.25, 0.3) is 0 Å². The summed E-state index contributed by atoms with van der Waals surface area (Å²) in [4.78, 5) is 12.6. The first-order chi connectivity index (χ1) is 12.4. The second kappa shape index (κ2) is 7.88. The van der Waals surface area contributed by atoms with Crippen molar-refractivity contribution in [3.05, 3.63) is 59.7 Å². The lowest BCUT2D eigenvalue weighted by molar-refractivity contribution is -0.125. The molecule has 7 heteroatoms. The van der Waals surface area contributed by atoms with E-state index in [1.807, 2.05) is 24.3 Å². The van der Waals surface area contributed by atoms with Crippen LogP contribution in [0.3, 0.4) is 0 Å². The summed E-state index contributed by atoms with van der Waals surface area (Å²) >= 11 is 0. The predicted octanol–water partition coefficient (Wildman–Crippen LogP) is 1.63. The van der Waals surface area contributed by atoms with Crippen LogP contribution in [0.1, 0.15) is 17.5 Å². The molecule has 138 valence electrons. The van der Waals surface area contributed by atoms with Gasteiger partial charge in [0.05, 0.1) is 11.5 Å². The number of nitrogens with one attached hydrogen (secondary N) is 1. The minimum atomic E-state index is -3.68. The third kappa shape index (κ3) is 4.62. The third-order valence-electron chi connectivity index (χ3n) is 4.50. The van der Waals surface area contributed by atoms with E-state index in [1.54, 1.807) is 12.1 Å². The summed E-state index contributed by atoms with van der Waals surface area (Å²) in [7, 11) is -3.68. The lowest BCUT2D eigenvalue weighted by atomic mass is 9.96. The zero-order chi connectivity index (χ0) is 18.6. The van der Waals surface area contributed by atoms with Crippen molar-refractivity contribution in [2.45, 2.75) is 24.2 Å². The van der Waals surface area contributed by atoms with E-state index in [9.17, 15) is 13.2 Å². The van der Waals surface area contributed by atoms with Gasteiger partial charge in [-0.15, -0.1) is 0 Å². The van der Waals surface area contributed by atoms with E-state index in [0.717, 1.165) is 16.9 Å². The van der Waals surface area contributed by atoms with Crippen LogP contribution in [-0.4, -0.2) is 27.5 Å². The highest BCUT2D eigenvalue weighted by atomic mass is 32.2. The first-order valence-electron chi connectivity index (χ1n) is 8.53. The van der Waals surface area contributed by atoms with E-state index >= 15 is 0 Å². The number of carbonyl (C=O) groups excluding carboxylic acids is 1. The molecule has 0 aromatic heterocycles. The van der Waals surface area contributed by atoms with Gasteiger partial charge >= 0.3 is 0 Å². The number of primary sulfonamides is 1. The topological polar surface area (TPSA) is 98.5 Å². The number of rotatable bonds is 5. The van der Waals surface area contributed by atoms with E-state index in [-0.39, 0.29) is 16.7 Å². The molecule has 1 atom stereocenters. The van der Waals surface area contributed by atoms with Gasteiger partial charge in [-0.25, -0.2) is 13.6 Å². The highest BCUT2D eigenvalue weighted by molar-refractivity contribution is 7.89. The fourth-order valence-corrected chi connectivity index (χ4v) is 3.55. The molecule has 1 aliphatic rings. The van der Waals surface area contributed by atoms with Gasteiger partial charge in [-0.3, -0.25) is 4.79 Å². The van der Waals surface area contributed by atoms with Crippen molar-refractivity contribution >= 4 is 15.9 Å². The maximum atomic E-state index is 12.5. The Hall–Kier alpha value is -2.38. The monoisotopic (exact) mass is 374 g/mol. The van der Waals surface area contributed by atoms with Gasteiger partial charge in [0.15, 0.2) is 0 Å². The molecule has 0 radical (unpaired) electrons. The lowest BCUT2D eigenvalue weighted by Gasteiger charge is -2.14. The molecule has 0 aliphatic carbocycles. The highest BCUT2D eigenvalue weighted by Crippen LogP contribution is 2.26. The largest absolute Gasteiger partial charge is 0.493 e. The first-order valence-corrected chi connectivity index (χ1v) is 10.1. The van der Waals surface area contributed by atoms with Crippen LogP contribution in [0, 0.1) is 5.92 Å². The molecular weight excluding hydrogens is 352 g/mol. The molecule has 0 saturated carbocycles. The zero-order valence-electron chi connectivity index (χ0n) is 14.4. The van der Waals surface area contributed by atoms with E-state index in [4.69, 9.17) is 9.88 Å². The van der Waals surface area contributed by atoms with Crippen LogP contribution in [0.5, 0.6) is 5.75 Å². The van der Waals surface area contributed by atoms with E-state index < -0.39 is 10.0 Å². The molecule has 0 spiro atoms. The summed E-state index contributed by atoms with van der Waals surface area (Å²) in [6.45, 7) is 1.02. The Kier molecular flexibility index (Phi) is 5.58. The smallest absolute Gasteiger partial charge is 0.238 e. The zero-order valence-corrected chi connectivity index (χ0v) is 15.2. The van der Waals surface area contributed by atoms with Gasteiger partial charge in [0.1, 0.15) is 5.75 Å². The van der Waals surface area contributed by atoms with Crippen LogP contribution in [0.2, 0.25) is 0 Å². The van der Waals surface area contributed by atoms with Crippen molar-refractivity contribution in [1.29, 1.82) is 0 Å². The maximum absolute atomic E-state index is 12.5. The lowest BCUT2D eigenvalue weighted by Crippen LogP contribution is -2.33. The van der Waals surface area contributed by atoms with Crippen molar-refractivity contribution in [1.82, 2.24) is 5.32 Å². The molecule has 0 bridgehead atoms. The van der Waals surface area contributed by atoms with Gasteiger partial charge in [0.2, 0.25) is 15.9 Å².